The van der Waals surface area contributed by atoms with Crippen LogP contribution in [0.5, 0.6) is 0 Å². The van der Waals surface area contributed by atoms with Crippen molar-refractivity contribution in [1.82, 2.24) is 69.1 Å². The summed E-state index contributed by atoms with van der Waals surface area (Å²) in [6, 6.07) is 5.70. The number of nitrogens with one attached hydrogen (secondary N) is 13. The molecule has 0 bridgehead atoms. The molecule has 1 heterocycles. The van der Waals surface area contributed by atoms with Crippen molar-refractivity contribution < 1.29 is 92.2 Å². The molecule has 1 aliphatic heterocycles. The first-order valence-corrected chi connectivity index (χ1v) is 35.7. The van der Waals surface area contributed by atoms with E-state index in [0.29, 0.717) is 11.1 Å². The Kier molecular flexibility index (Phi) is 35.9. The summed E-state index contributed by atoms with van der Waals surface area (Å²) in [7, 11) is 0. The van der Waals surface area contributed by atoms with Crippen molar-refractivity contribution in [2.24, 2.45) is 28.6 Å². The SMILES string of the molecule is CC[C@H](C)[C@@H]1NC(=O)[C@@H](CCCNC(=O)OCc2ccccc2)NC(=O)[C@H](CC(C)C)NC(=O)[C@H]([C@H](O)C(C)C)NC(=O)[C@@H](NC(=O)[C@H](CC(C)(C)C)NC(=O)[C@@H](CC(C)(C)C)NC(=O)OCc2ccccc2)[C@@H](c2ccccc2)NC(=O)C(CO)NC(=O)[C@H](CO)NC(=O)CNC(=O)[C@H]([C@H](C)O)NC1=O. The summed E-state index contributed by atoms with van der Waals surface area (Å²) < 4.78 is 10.8. The number of benzene rings is 3. The summed E-state index contributed by atoms with van der Waals surface area (Å²) in [5, 5.41) is 77.0. The molecule has 14 atom stereocenters. The zero-order chi connectivity index (χ0) is 79.2. The molecule has 106 heavy (non-hydrogen) atoms. The normalized spacial score (nSPS) is 22.5. The van der Waals surface area contributed by atoms with Gasteiger partial charge in [-0.15, -0.1) is 0 Å². The number of carbonyl (C=O) groups is 13. The Bertz CT molecular complexity index is 3410. The molecule has 586 valence electrons. The maximum absolute atomic E-state index is 15.8. The third-order valence-corrected chi connectivity index (χ3v) is 17.1. The van der Waals surface area contributed by atoms with Gasteiger partial charge in [0.1, 0.15) is 73.6 Å². The molecule has 0 aromatic heterocycles. The van der Waals surface area contributed by atoms with Gasteiger partial charge >= 0.3 is 12.2 Å². The molecular weight excluding hydrogens is 1370 g/mol. The fourth-order valence-electron chi connectivity index (χ4n) is 11.1. The predicted octanol–water partition coefficient (Wildman–Crippen LogP) is 0.685. The van der Waals surface area contributed by atoms with Crippen LogP contribution in [0.1, 0.15) is 151 Å². The quantitative estimate of drug-likeness (QED) is 0.0519. The van der Waals surface area contributed by atoms with Gasteiger partial charge in [-0.2, -0.15) is 0 Å². The van der Waals surface area contributed by atoms with Crippen molar-refractivity contribution >= 4 is 77.2 Å². The fourth-order valence-corrected chi connectivity index (χ4v) is 11.1. The van der Waals surface area contributed by atoms with Crippen LogP contribution in [0.4, 0.5) is 9.59 Å². The monoisotopic (exact) mass is 1490 g/mol. The molecule has 3 aromatic carbocycles. The molecule has 0 radical (unpaired) electrons. The number of hydrogen-bond acceptors (Lipinski definition) is 19. The molecule has 13 amide bonds. The second-order valence-corrected chi connectivity index (χ2v) is 29.7. The van der Waals surface area contributed by atoms with Gasteiger partial charge in [0.2, 0.25) is 65.0 Å². The topological polar surface area (TPSA) is 478 Å². The maximum Gasteiger partial charge on any atom is 0.408 e. The average molecular weight is 1490 g/mol. The number of ether oxygens (including phenoxy) is 2. The van der Waals surface area contributed by atoms with E-state index < -0.39 is 204 Å². The van der Waals surface area contributed by atoms with E-state index in [1.165, 1.54) is 38.1 Å². The summed E-state index contributed by atoms with van der Waals surface area (Å²) in [5.41, 5.74) is -0.0390. The Balaban J connectivity index is 1.94. The zero-order valence-corrected chi connectivity index (χ0v) is 62.8. The number of alkyl carbamates (subject to hydrolysis) is 2. The van der Waals surface area contributed by atoms with Crippen LogP contribution in [0.2, 0.25) is 0 Å². The van der Waals surface area contributed by atoms with E-state index in [4.69, 9.17) is 9.47 Å². The Morgan fingerprint density at radius 3 is 1.50 bits per heavy atom. The lowest BCUT2D eigenvalue weighted by atomic mass is 9.86. The molecule has 17 N–H and O–H groups in total. The van der Waals surface area contributed by atoms with Crippen molar-refractivity contribution in [3.8, 4) is 0 Å². The Hall–Kier alpha value is -9.79. The van der Waals surface area contributed by atoms with Gasteiger partial charge in [-0.25, -0.2) is 9.59 Å². The summed E-state index contributed by atoms with van der Waals surface area (Å²) in [6.45, 7) is 17.9. The molecule has 1 saturated heterocycles. The highest BCUT2D eigenvalue weighted by Gasteiger charge is 2.43. The van der Waals surface area contributed by atoms with E-state index in [1.54, 1.807) is 115 Å². The second kappa shape index (κ2) is 43.0. The third kappa shape index (κ3) is 30.4. The van der Waals surface area contributed by atoms with Gasteiger partial charge < -0.3 is 99.0 Å². The van der Waals surface area contributed by atoms with E-state index in [2.05, 4.69) is 69.1 Å². The second-order valence-electron chi connectivity index (χ2n) is 29.7. The van der Waals surface area contributed by atoms with Crippen LogP contribution in [0.3, 0.4) is 0 Å². The summed E-state index contributed by atoms with van der Waals surface area (Å²) >= 11 is 0. The molecule has 0 spiro atoms. The summed E-state index contributed by atoms with van der Waals surface area (Å²) in [6.07, 6.45) is -5.61. The molecule has 1 fully saturated rings. The van der Waals surface area contributed by atoms with Crippen LogP contribution in [-0.4, -0.2) is 197 Å². The number of aliphatic hydroxyl groups excluding tert-OH is 4. The standard InChI is InChI=1S/C74H111N13O19/c1-14-43(6)55-68(100)84-56(44(7)90)67(99)76-36-54(91)77-52(37-88)65(97)81-53(38-89)66(98)85-57(47-29-22-17-23-30-47)58(86-64(96)50(34-73(8,9)10)80-63(95)51(35-74(11,12)13)82-72(104)106-40-46-27-20-16-21-28-46)69(101)87-59(60(92)42(4)5)70(102)79-49(33-41(2)3)62(94)78-48(61(93)83-55)31-24-32-75-71(103)105-39-45-25-18-15-19-26-45/h15-23,25-30,41-44,48-53,55-60,88-90,92H,14,24,31-40H2,1-13H3,(H,75,103)(H,76,99)(H,77,91)(H,78,94)(H,79,102)(H,80,95)(H,81,97)(H,82,104)(H,83,93)(H,84,100)(H,85,98)(H,86,96)(H,87,101)/t43-,44-,48+,49-,50-,51+,52-,53?,55-,56-,57+,58-,59-,60+/m0/s1. The lowest BCUT2D eigenvalue weighted by Crippen LogP contribution is -2.65. The van der Waals surface area contributed by atoms with Crippen LogP contribution in [0, 0.1) is 28.6 Å². The molecule has 32 heteroatoms. The number of hydrogen-bond donors (Lipinski definition) is 17. The minimum Gasteiger partial charge on any atom is -0.445 e. The number of carbonyl (C=O) groups excluding carboxylic acids is 13. The molecule has 0 aliphatic carbocycles. The molecule has 3 aromatic rings. The highest BCUT2D eigenvalue weighted by molar-refractivity contribution is 6.00. The Morgan fingerprint density at radius 1 is 0.519 bits per heavy atom. The van der Waals surface area contributed by atoms with Crippen LogP contribution < -0.4 is 69.1 Å². The maximum atomic E-state index is 15.8. The predicted molar refractivity (Wildman–Crippen MR) is 389 cm³/mol. The Labute approximate surface area is 619 Å². The van der Waals surface area contributed by atoms with Crippen LogP contribution >= 0.6 is 0 Å². The fraction of sp³-hybridized carbons (Fsp3) is 0.581. The third-order valence-electron chi connectivity index (χ3n) is 17.1. The summed E-state index contributed by atoms with van der Waals surface area (Å²) in [4.78, 5) is 187. The van der Waals surface area contributed by atoms with Gasteiger partial charge in [-0.1, -0.05) is 181 Å². The first kappa shape index (κ1) is 88.6. The molecular formula is C74H111N13O19. The van der Waals surface area contributed by atoms with Gasteiger partial charge in [0.15, 0.2) is 0 Å². The smallest absolute Gasteiger partial charge is 0.408 e. The first-order chi connectivity index (χ1) is 49.8. The Morgan fingerprint density at radius 2 is 0.981 bits per heavy atom. The van der Waals surface area contributed by atoms with E-state index in [9.17, 15) is 68.4 Å². The van der Waals surface area contributed by atoms with E-state index in [0.717, 1.165) is 6.92 Å². The van der Waals surface area contributed by atoms with Crippen molar-refractivity contribution in [3.63, 3.8) is 0 Å². The van der Waals surface area contributed by atoms with Gasteiger partial charge in [0, 0.05) is 6.54 Å². The number of aliphatic hydroxyl groups is 4. The van der Waals surface area contributed by atoms with Gasteiger partial charge in [-0.3, -0.25) is 52.7 Å². The van der Waals surface area contributed by atoms with Gasteiger partial charge in [0.25, 0.3) is 0 Å². The molecule has 32 nitrogen and oxygen atoms in total. The van der Waals surface area contributed by atoms with Crippen LogP contribution in [0.25, 0.3) is 0 Å². The van der Waals surface area contributed by atoms with Crippen LogP contribution in [0.15, 0.2) is 91.0 Å². The summed E-state index contributed by atoms with van der Waals surface area (Å²) in [5.74, 6) is -14.2. The van der Waals surface area contributed by atoms with Crippen LogP contribution in [-0.2, 0) is 75.4 Å². The highest BCUT2D eigenvalue weighted by Crippen LogP contribution is 2.26. The van der Waals surface area contributed by atoms with Gasteiger partial charge in [0.05, 0.1) is 38.0 Å². The number of amides is 13. The minimum atomic E-state index is -2.13. The molecule has 1 unspecified atom stereocenters. The minimum absolute atomic E-state index is 0.0110. The molecule has 1 aliphatic rings. The van der Waals surface area contributed by atoms with Crippen molar-refractivity contribution in [3.05, 3.63) is 108 Å². The highest BCUT2D eigenvalue weighted by atomic mass is 16.6. The molecule has 4 rings (SSSR count). The van der Waals surface area contributed by atoms with E-state index >= 15 is 14.4 Å². The lowest BCUT2D eigenvalue weighted by Gasteiger charge is -2.35. The van der Waals surface area contributed by atoms with E-state index in [-0.39, 0.29) is 63.8 Å². The van der Waals surface area contributed by atoms with Crippen molar-refractivity contribution in [2.45, 2.75) is 220 Å². The molecule has 0 saturated carbocycles. The van der Waals surface area contributed by atoms with Gasteiger partial charge in [-0.05, 0) is 84.3 Å². The lowest BCUT2D eigenvalue weighted by molar-refractivity contribution is -0.139. The first-order valence-electron chi connectivity index (χ1n) is 35.7. The zero-order valence-electron chi connectivity index (χ0n) is 62.8. The van der Waals surface area contributed by atoms with Crippen molar-refractivity contribution in [2.75, 3.05) is 26.3 Å². The van der Waals surface area contributed by atoms with Crippen molar-refractivity contribution in [1.29, 1.82) is 0 Å². The number of rotatable bonds is 25. The van der Waals surface area contributed by atoms with E-state index in [1.807, 2.05) is 20.8 Å². The average Bonchev–Trinajstić information content (AvgIpc) is 0.814. The largest absolute Gasteiger partial charge is 0.445 e.